The molecule has 0 aliphatic rings. The number of benzene rings is 2. The van der Waals surface area contributed by atoms with Crippen molar-refractivity contribution < 1.29 is 9.59 Å². The van der Waals surface area contributed by atoms with Crippen LogP contribution in [0.3, 0.4) is 0 Å². The normalized spacial score (nSPS) is 11.7. The SMILES string of the molecule is CC(C)C(NC(=O)c1ccc(Cl)cc1)C(=O)NCCCNc1ccccc1. The van der Waals surface area contributed by atoms with E-state index >= 15 is 0 Å². The zero-order valence-corrected chi connectivity index (χ0v) is 16.4. The molecule has 2 amide bonds. The third-order valence-electron chi connectivity index (χ3n) is 4.10. The first-order valence-electron chi connectivity index (χ1n) is 9.10. The number of carbonyl (C=O) groups excluding carboxylic acids is 2. The molecule has 0 aromatic heterocycles. The van der Waals surface area contributed by atoms with Crippen LogP contribution in [-0.2, 0) is 4.79 Å². The van der Waals surface area contributed by atoms with Crippen LogP contribution < -0.4 is 16.0 Å². The van der Waals surface area contributed by atoms with Gasteiger partial charge in [-0.05, 0) is 48.7 Å². The molecule has 0 saturated heterocycles. The summed E-state index contributed by atoms with van der Waals surface area (Å²) in [6.07, 6.45) is 0.788. The summed E-state index contributed by atoms with van der Waals surface area (Å²) in [5.41, 5.74) is 1.53. The van der Waals surface area contributed by atoms with E-state index in [1.54, 1.807) is 24.3 Å². The number of halogens is 1. The first kappa shape index (κ1) is 20.8. The highest BCUT2D eigenvalue weighted by atomic mass is 35.5. The third kappa shape index (κ3) is 6.94. The Balaban J connectivity index is 1.78. The Labute approximate surface area is 165 Å². The van der Waals surface area contributed by atoms with Crippen LogP contribution in [0, 0.1) is 5.92 Å². The minimum Gasteiger partial charge on any atom is -0.385 e. The average molecular weight is 388 g/mol. The highest BCUT2D eigenvalue weighted by Gasteiger charge is 2.24. The first-order chi connectivity index (χ1) is 13.0. The summed E-state index contributed by atoms with van der Waals surface area (Å²) < 4.78 is 0. The van der Waals surface area contributed by atoms with Gasteiger partial charge >= 0.3 is 0 Å². The smallest absolute Gasteiger partial charge is 0.251 e. The predicted octanol–water partition coefficient (Wildman–Crippen LogP) is 3.71. The Hall–Kier alpha value is -2.53. The van der Waals surface area contributed by atoms with E-state index in [2.05, 4.69) is 16.0 Å². The number of amides is 2. The second kappa shape index (κ2) is 10.6. The van der Waals surface area contributed by atoms with E-state index in [-0.39, 0.29) is 17.7 Å². The van der Waals surface area contributed by atoms with Gasteiger partial charge in [-0.3, -0.25) is 9.59 Å². The molecule has 0 bridgehead atoms. The van der Waals surface area contributed by atoms with Gasteiger partial charge in [-0.15, -0.1) is 0 Å². The summed E-state index contributed by atoms with van der Waals surface area (Å²) in [5.74, 6) is -0.484. The molecule has 144 valence electrons. The zero-order chi connectivity index (χ0) is 19.6. The van der Waals surface area contributed by atoms with Crippen LogP contribution in [0.4, 0.5) is 5.69 Å². The lowest BCUT2D eigenvalue weighted by Crippen LogP contribution is -2.50. The van der Waals surface area contributed by atoms with Crippen LogP contribution in [-0.4, -0.2) is 30.9 Å². The Morgan fingerprint density at radius 3 is 2.26 bits per heavy atom. The van der Waals surface area contributed by atoms with Crippen molar-refractivity contribution in [1.82, 2.24) is 10.6 Å². The molecule has 0 heterocycles. The van der Waals surface area contributed by atoms with Crippen LogP contribution in [0.2, 0.25) is 5.02 Å². The molecule has 5 nitrogen and oxygen atoms in total. The van der Waals surface area contributed by atoms with Gasteiger partial charge in [-0.25, -0.2) is 0 Å². The molecule has 1 atom stereocenters. The highest BCUT2D eigenvalue weighted by molar-refractivity contribution is 6.30. The van der Waals surface area contributed by atoms with Gasteiger partial charge in [-0.2, -0.15) is 0 Å². The number of nitrogens with one attached hydrogen (secondary N) is 3. The molecule has 0 aliphatic carbocycles. The van der Waals surface area contributed by atoms with Gasteiger partial charge in [0.25, 0.3) is 5.91 Å². The quantitative estimate of drug-likeness (QED) is 0.574. The van der Waals surface area contributed by atoms with E-state index in [1.807, 2.05) is 44.2 Å². The number of hydrogen-bond donors (Lipinski definition) is 3. The molecule has 0 saturated carbocycles. The Bertz CT molecular complexity index is 733. The topological polar surface area (TPSA) is 70.2 Å². The summed E-state index contributed by atoms with van der Waals surface area (Å²) in [4.78, 5) is 24.8. The molecule has 2 aromatic carbocycles. The van der Waals surface area contributed by atoms with Crippen molar-refractivity contribution >= 4 is 29.1 Å². The fourth-order valence-electron chi connectivity index (χ4n) is 2.56. The maximum Gasteiger partial charge on any atom is 0.251 e. The Morgan fingerprint density at radius 1 is 0.963 bits per heavy atom. The first-order valence-corrected chi connectivity index (χ1v) is 9.48. The second-order valence-electron chi connectivity index (χ2n) is 6.64. The number of para-hydroxylation sites is 1. The van der Waals surface area contributed by atoms with Crippen molar-refractivity contribution in [3.63, 3.8) is 0 Å². The van der Waals surface area contributed by atoms with Crippen molar-refractivity contribution in [2.75, 3.05) is 18.4 Å². The highest BCUT2D eigenvalue weighted by Crippen LogP contribution is 2.11. The van der Waals surface area contributed by atoms with Crippen LogP contribution in [0.25, 0.3) is 0 Å². The molecule has 1 unspecified atom stereocenters. The molecule has 2 rings (SSSR count). The van der Waals surface area contributed by atoms with Gasteiger partial charge in [0.15, 0.2) is 0 Å². The van der Waals surface area contributed by atoms with Crippen LogP contribution in [0.5, 0.6) is 0 Å². The minimum absolute atomic E-state index is 0.0244. The summed E-state index contributed by atoms with van der Waals surface area (Å²) in [6.45, 7) is 5.11. The van der Waals surface area contributed by atoms with E-state index in [4.69, 9.17) is 11.6 Å². The Kier molecular flexibility index (Phi) is 8.14. The van der Waals surface area contributed by atoms with Gasteiger partial charge in [0.05, 0.1) is 0 Å². The van der Waals surface area contributed by atoms with Gasteiger partial charge in [0.2, 0.25) is 5.91 Å². The lowest BCUT2D eigenvalue weighted by atomic mass is 10.0. The predicted molar refractivity (Wildman–Crippen MR) is 110 cm³/mol. The zero-order valence-electron chi connectivity index (χ0n) is 15.7. The maximum absolute atomic E-state index is 12.5. The molecule has 3 N–H and O–H groups in total. The van der Waals surface area contributed by atoms with Gasteiger partial charge in [0, 0.05) is 29.4 Å². The van der Waals surface area contributed by atoms with Crippen molar-refractivity contribution in [1.29, 1.82) is 0 Å². The van der Waals surface area contributed by atoms with E-state index in [0.717, 1.165) is 18.7 Å². The van der Waals surface area contributed by atoms with Gasteiger partial charge in [-0.1, -0.05) is 43.6 Å². The van der Waals surface area contributed by atoms with E-state index in [9.17, 15) is 9.59 Å². The third-order valence-corrected chi connectivity index (χ3v) is 4.35. The minimum atomic E-state index is -0.588. The van der Waals surface area contributed by atoms with Crippen molar-refractivity contribution in [3.05, 3.63) is 65.2 Å². The molecular formula is C21H26ClN3O2. The maximum atomic E-state index is 12.5. The largest absolute Gasteiger partial charge is 0.385 e. The fourth-order valence-corrected chi connectivity index (χ4v) is 2.69. The second-order valence-corrected chi connectivity index (χ2v) is 7.08. The number of carbonyl (C=O) groups is 2. The molecule has 0 spiro atoms. The number of rotatable bonds is 9. The van der Waals surface area contributed by atoms with Crippen LogP contribution >= 0.6 is 11.6 Å². The number of hydrogen-bond acceptors (Lipinski definition) is 3. The Morgan fingerprint density at radius 2 is 1.63 bits per heavy atom. The molecule has 6 heteroatoms. The van der Waals surface area contributed by atoms with E-state index in [1.165, 1.54) is 0 Å². The van der Waals surface area contributed by atoms with Crippen LogP contribution in [0.15, 0.2) is 54.6 Å². The lowest BCUT2D eigenvalue weighted by Gasteiger charge is -2.22. The molecule has 0 aliphatic heterocycles. The van der Waals surface area contributed by atoms with Crippen molar-refractivity contribution in [3.8, 4) is 0 Å². The summed E-state index contributed by atoms with van der Waals surface area (Å²) in [6, 6.07) is 15.9. The van der Waals surface area contributed by atoms with Crippen LogP contribution in [0.1, 0.15) is 30.6 Å². The van der Waals surface area contributed by atoms with E-state index in [0.29, 0.717) is 17.1 Å². The number of anilines is 1. The van der Waals surface area contributed by atoms with Crippen molar-refractivity contribution in [2.24, 2.45) is 5.92 Å². The molecule has 0 fully saturated rings. The summed E-state index contributed by atoms with van der Waals surface area (Å²) >= 11 is 5.84. The average Bonchev–Trinajstić information content (AvgIpc) is 2.66. The molecule has 27 heavy (non-hydrogen) atoms. The molecular weight excluding hydrogens is 362 g/mol. The van der Waals surface area contributed by atoms with Crippen molar-refractivity contribution in [2.45, 2.75) is 26.3 Å². The van der Waals surface area contributed by atoms with Gasteiger partial charge in [0.1, 0.15) is 6.04 Å². The molecule has 2 aromatic rings. The monoisotopic (exact) mass is 387 g/mol. The summed E-state index contributed by atoms with van der Waals surface area (Å²) in [5, 5.41) is 9.57. The summed E-state index contributed by atoms with van der Waals surface area (Å²) in [7, 11) is 0. The standard InChI is InChI=1S/C21H26ClN3O2/c1-15(2)19(25-20(26)16-9-11-17(22)12-10-16)21(27)24-14-6-13-23-18-7-4-3-5-8-18/h3-5,7-12,15,19,23H,6,13-14H2,1-2H3,(H,24,27)(H,25,26). The molecule has 0 radical (unpaired) electrons. The van der Waals surface area contributed by atoms with E-state index < -0.39 is 6.04 Å². The fraction of sp³-hybridized carbons (Fsp3) is 0.333. The lowest BCUT2D eigenvalue weighted by molar-refractivity contribution is -0.123. The van der Waals surface area contributed by atoms with Gasteiger partial charge < -0.3 is 16.0 Å².